The normalized spacial score (nSPS) is 17.8. The number of aryl methyl sites for hydroxylation is 1. The molecule has 0 aliphatic heterocycles. The number of hydrogen-bond donors (Lipinski definition) is 2. The summed E-state index contributed by atoms with van der Waals surface area (Å²) in [6.07, 6.45) is 7.83. The number of nitrogens with zero attached hydrogens (tertiary/aromatic N) is 2. The highest BCUT2D eigenvalue weighted by Gasteiger charge is 2.14. The first-order valence-electron chi connectivity index (χ1n) is 6.54. The highest BCUT2D eigenvalue weighted by Crippen LogP contribution is 2.23. The molecule has 1 aliphatic carbocycles. The van der Waals surface area contributed by atoms with Crippen LogP contribution in [0.3, 0.4) is 0 Å². The van der Waals surface area contributed by atoms with E-state index in [2.05, 4.69) is 15.3 Å². The molecule has 94 valence electrons. The van der Waals surface area contributed by atoms with E-state index >= 15 is 0 Å². The first-order chi connectivity index (χ1) is 8.16. The largest absolute Gasteiger partial charge is 0.383 e. The second-order valence-corrected chi connectivity index (χ2v) is 4.96. The van der Waals surface area contributed by atoms with Crippen LogP contribution in [0.25, 0.3) is 0 Å². The van der Waals surface area contributed by atoms with Gasteiger partial charge in [0.1, 0.15) is 17.5 Å². The summed E-state index contributed by atoms with van der Waals surface area (Å²) in [5, 5.41) is 3.54. The Bertz CT molecular complexity index is 381. The number of anilines is 2. The maximum atomic E-state index is 5.87. The van der Waals surface area contributed by atoms with Crippen molar-refractivity contribution in [2.24, 2.45) is 0 Å². The fourth-order valence-corrected chi connectivity index (χ4v) is 2.41. The van der Waals surface area contributed by atoms with Crippen molar-refractivity contribution in [2.75, 3.05) is 11.1 Å². The van der Waals surface area contributed by atoms with E-state index in [0.29, 0.717) is 11.9 Å². The summed E-state index contributed by atoms with van der Waals surface area (Å²) in [7, 11) is 0. The minimum absolute atomic E-state index is 0.546. The van der Waals surface area contributed by atoms with Gasteiger partial charge < -0.3 is 11.1 Å². The lowest BCUT2D eigenvalue weighted by molar-refractivity contribution is 0.616. The summed E-state index contributed by atoms with van der Waals surface area (Å²) in [4.78, 5) is 8.63. The first kappa shape index (κ1) is 12.1. The van der Waals surface area contributed by atoms with E-state index in [4.69, 9.17) is 5.73 Å². The molecule has 2 rings (SSSR count). The van der Waals surface area contributed by atoms with Crippen LogP contribution in [0.15, 0.2) is 0 Å². The fraction of sp³-hybridized carbons (Fsp3) is 0.692. The molecule has 3 N–H and O–H groups in total. The molecule has 0 aromatic carbocycles. The van der Waals surface area contributed by atoms with Crippen LogP contribution >= 0.6 is 0 Å². The van der Waals surface area contributed by atoms with Gasteiger partial charge in [0, 0.05) is 11.6 Å². The second kappa shape index (κ2) is 5.34. The standard InChI is InChI=1S/C13H22N4/c1-9-12(14)15-10(2)16-13(9)17-11-7-5-3-4-6-8-11/h11H,3-8H2,1-2H3,(H3,14,15,16,17). The Hall–Kier alpha value is -1.32. The maximum Gasteiger partial charge on any atom is 0.134 e. The summed E-state index contributed by atoms with van der Waals surface area (Å²) in [6, 6.07) is 0.546. The highest BCUT2D eigenvalue weighted by atomic mass is 15.1. The van der Waals surface area contributed by atoms with E-state index in [1.54, 1.807) is 0 Å². The molecule has 4 heteroatoms. The molecule has 1 heterocycles. The van der Waals surface area contributed by atoms with E-state index < -0.39 is 0 Å². The van der Waals surface area contributed by atoms with Crippen LogP contribution in [0.2, 0.25) is 0 Å². The van der Waals surface area contributed by atoms with Crippen LogP contribution in [0.1, 0.15) is 49.9 Å². The zero-order valence-corrected chi connectivity index (χ0v) is 10.8. The van der Waals surface area contributed by atoms with Gasteiger partial charge in [-0.15, -0.1) is 0 Å². The van der Waals surface area contributed by atoms with Crippen molar-refractivity contribution in [1.82, 2.24) is 9.97 Å². The third-order valence-corrected chi connectivity index (χ3v) is 3.49. The minimum Gasteiger partial charge on any atom is -0.383 e. The Morgan fingerprint density at radius 3 is 2.35 bits per heavy atom. The molecular weight excluding hydrogens is 212 g/mol. The van der Waals surface area contributed by atoms with Crippen LogP contribution < -0.4 is 11.1 Å². The number of aromatic nitrogens is 2. The van der Waals surface area contributed by atoms with E-state index in [9.17, 15) is 0 Å². The van der Waals surface area contributed by atoms with Crippen molar-refractivity contribution >= 4 is 11.6 Å². The van der Waals surface area contributed by atoms with Crippen molar-refractivity contribution in [3.8, 4) is 0 Å². The lowest BCUT2D eigenvalue weighted by atomic mass is 10.1. The number of hydrogen-bond acceptors (Lipinski definition) is 4. The lowest BCUT2D eigenvalue weighted by Crippen LogP contribution is -2.20. The fourth-order valence-electron chi connectivity index (χ4n) is 2.41. The molecule has 1 aromatic heterocycles. The Morgan fingerprint density at radius 2 is 1.71 bits per heavy atom. The number of nitrogens with two attached hydrogens (primary N) is 1. The van der Waals surface area contributed by atoms with Crippen LogP contribution in [-0.4, -0.2) is 16.0 Å². The molecule has 1 fully saturated rings. The second-order valence-electron chi connectivity index (χ2n) is 4.96. The smallest absolute Gasteiger partial charge is 0.134 e. The molecule has 0 unspecified atom stereocenters. The summed E-state index contributed by atoms with van der Waals surface area (Å²) in [5.41, 5.74) is 6.84. The number of rotatable bonds is 2. The SMILES string of the molecule is Cc1nc(N)c(C)c(NC2CCCCCC2)n1. The molecular formula is C13H22N4. The zero-order chi connectivity index (χ0) is 12.3. The van der Waals surface area contributed by atoms with Gasteiger partial charge in [-0.2, -0.15) is 0 Å². The number of nitrogen functional groups attached to an aromatic ring is 1. The van der Waals surface area contributed by atoms with E-state index in [0.717, 1.165) is 17.2 Å². The Kier molecular flexibility index (Phi) is 3.82. The van der Waals surface area contributed by atoms with Crippen LogP contribution in [0.4, 0.5) is 11.6 Å². The average Bonchev–Trinajstić information content (AvgIpc) is 2.54. The van der Waals surface area contributed by atoms with Crippen LogP contribution in [0.5, 0.6) is 0 Å². The molecule has 0 spiro atoms. The van der Waals surface area contributed by atoms with E-state index in [1.807, 2.05) is 13.8 Å². The molecule has 0 radical (unpaired) electrons. The summed E-state index contributed by atoms with van der Waals surface area (Å²) in [5.74, 6) is 2.25. The predicted octanol–water partition coefficient (Wildman–Crippen LogP) is 2.81. The molecule has 1 saturated carbocycles. The zero-order valence-electron chi connectivity index (χ0n) is 10.8. The topological polar surface area (TPSA) is 63.8 Å². The van der Waals surface area contributed by atoms with Crippen molar-refractivity contribution in [1.29, 1.82) is 0 Å². The van der Waals surface area contributed by atoms with Crippen molar-refractivity contribution < 1.29 is 0 Å². The number of nitrogens with one attached hydrogen (secondary N) is 1. The van der Waals surface area contributed by atoms with Gasteiger partial charge in [0.2, 0.25) is 0 Å². The monoisotopic (exact) mass is 234 g/mol. The van der Waals surface area contributed by atoms with Gasteiger partial charge in [0.05, 0.1) is 0 Å². The van der Waals surface area contributed by atoms with Gasteiger partial charge in [-0.05, 0) is 26.7 Å². The van der Waals surface area contributed by atoms with E-state index in [1.165, 1.54) is 38.5 Å². The molecule has 1 aliphatic rings. The molecule has 4 nitrogen and oxygen atoms in total. The lowest BCUT2D eigenvalue weighted by Gasteiger charge is -2.19. The van der Waals surface area contributed by atoms with E-state index in [-0.39, 0.29) is 0 Å². The summed E-state index contributed by atoms with van der Waals surface area (Å²) in [6.45, 7) is 3.86. The molecule has 0 amide bonds. The third-order valence-electron chi connectivity index (χ3n) is 3.49. The summed E-state index contributed by atoms with van der Waals surface area (Å²) >= 11 is 0. The van der Waals surface area contributed by atoms with Gasteiger partial charge in [0.15, 0.2) is 0 Å². The summed E-state index contributed by atoms with van der Waals surface area (Å²) < 4.78 is 0. The molecule has 0 bridgehead atoms. The third kappa shape index (κ3) is 3.08. The highest BCUT2D eigenvalue weighted by molar-refractivity contribution is 5.55. The predicted molar refractivity (Wildman–Crippen MR) is 71.0 cm³/mol. The van der Waals surface area contributed by atoms with Crippen molar-refractivity contribution in [3.05, 3.63) is 11.4 Å². The van der Waals surface area contributed by atoms with Crippen molar-refractivity contribution in [2.45, 2.75) is 58.4 Å². The Morgan fingerprint density at radius 1 is 1.06 bits per heavy atom. The van der Waals surface area contributed by atoms with Crippen LogP contribution in [0, 0.1) is 13.8 Å². The van der Waals surface area contributed by atoms with Crippen LogP contribution in [-0.2, 0) is 0 Å². The first-order valence-corrected chi connectivity index (χ1v) is 6.54. The molecule has 0 saturated heterocycles. The van der Waals surface area contributed by atoms with Gasteiger partial charge >= 0.3 is 0 Å². The van der Waals surface area contributed by atoms with Gasteiger partial charge in [0.25, 0.3) is 0 Å². The van der Waals surface area contributed by atoms with Gasteiger partial charge in [-0.25, -0.2) is 9.97 Å². The van der Waals surface area contributed by atoms with Crippen molar-refractivity contribution in [3.63, 3.8) is 0 Å². The molecule has 1 aromatic rings. The quantitative estimate of drug-likeness (QED) is 0.772. The Labute approximate surface area is 103 Å². The van der Waals surface area contributed by atoms with Gasteiger partial charge in [-0.1, -0.05) is 25.7 Å². The minimum atomic E-state index is 0.546. The molecule has 0 atom stereocenters. The molecule has 17 heavy (non-hydrogen) atoms. The van der Waals surface area contributed by atoms with Gasteiger partial charge in [-0.3, -0.25) is 0 Å². The Balaban J connectivity index is 2.11. The maximum absolute atomic E-state index is 5.87. The average molecular weight is 234 g/mol.